The van der Waals surface area contributed by atoms with Crippen LogP contribution in [0.4, 0.5) is 0 Å². The summed E-state index contributed by atoms with van der Waals surface area (Å²) in [6.07, 6.45) is 3.78. The van der Waals surface area contributed by atoms with Gasteiger partial charge in [0.1, 0.15) is 0 Å². The van der Waals surface area contributed by atoms with Crippen LogP contribution in [0.5, 0.6) is 0 Å². The van der Waals surface area contributed by atoms with E-state index >= 15 is 0 Å². The maximum absolute atomic E-state index is 5.29. The second-order valence-corrected chi connectivity index (χ2v) is 13.1. The first kappa shape index (κ1) is 29.8. The lowest BCUT2D eigenvalue weighted by atomic mass is 9.94. The van der Waals surface area contributed by atoms with Crippen LogP contribution in [0.25, 0.3) is 99.5 Å². The van der Waals surface area contributed by atoms with Crippen LogP contribution in [0.1, 0.15) is 0 Å². The van der Waals surface area contributed by atoms with Crippen LogP contribution in [0.3, 0.4) is 0 Å². The number of aromatic nitrogens is 4. The molecule has 0 atom stereocenters. The van der Waals surface area contributed by atoms with E-state index in [1.54, 1.807) is 0 Å². The largest absolute Gasteiger partial charge is 0.255 e. The van der Waals surface area contributed by atoms with Crippen molar-refractivity contribution in [2.45, 2.75) is 0 Å². The molecule has 4 nitrogen and oxygen atoms in total. The number of benzene rings is 6. The van der Waals surface area contributed by atoms with Crippen molar-refractivity contribution in [3.8, 4) is 56.2 Å². The van der Waals surface area contributed by atoms with Crippen LogP contribution < -0.4 is 0 Å². The zero-order chi connectivity index (χ0) is 34.4. The Bertz CT molecular complexity index is 2960. The first-order valence-corrected chi connectivity index (χ1v) is 17.5. The topological polar surface area (TPSA) is 51.6 Å². The molecule has 10 aromatic rings. The molecule has 0 saturated heterocycles. The fourth-order valence-corrected chi connectivity index (χ4v) is 7.44. The van der Waals surface area contributed by atoms with Crippen LogP contribution in [0.2, 0.25) is 0 Å². The summed E-state index contributed by atoms with van der Waals surface area (Å²) in [6, 6.07) is 59.2. The lowest BCUT2D eigenvalue weighted by Gasteiger charge is -2.13. The monoisotopic (exact) mass is 662 g/mol. The minimum atomic E-state index is 0.786. The van der Waals surface area contributed by atoms with Crippen LogP contribution >= 0.6 is 0 Å². The van der Waals surface area contributed by atoms with Gasteiger partial charge < -0.3 is 0 Å². The molecule has 0 aliphatic rings. The predicted octanol–water partition coefficient (Wildman–Crippen LogP) is 12.2. The van der Waals surface area contributed by atoms with Crippen molar-refractivity contribution in [3.63, 3.8) is 0 Å². The van der Waals surface area contributed by atoms with E-state index in [2.05, 4.69) is 140 Å². The van der Waals surface area contributed by atoms with E-state index in [1.807, 2.05) is 42.7 Å². The van der Waals surface area contributed by atoms with Gasteiger partial charge in [-0.2, -0.15) is 0 Å². The molecule has 0 N–H and O–H groups in total. The highest BCUT2D eigenvalue weighted by Crippen LogP contribution is 2.38. The maximum Gasteiger partial charge on any atom is 0.0893 e. The van der Waals surface area contributed by atoms with Gasteiger partial charge in [0.15, 0.2) is 0 Å². The van der Waals surface area contributed by atoms with Crippen molar-refractivity contribution in [2.75, 3.05) is 0 Å². The minimum absolute atomic E-state index is 0.786. The summed E-state index contributed by atoms with van der Waals surface area (Å²) in [5, 5.41) is 6.95. The molecule has 0 saturated carbocycles. The molecule has 0 unspecified atom stereocenters. The Morgan fingerprint density at radius 1 is 0.308 bits per heavy atom. The summed E-state index contributed by atoms with van der Waals surface area (Å²) < 4.78 is 0. The van der Waals surface area contributed by atoms with Gasteiger partial charge in [-0.05, 0) is 81.2 Å². The van der Waals surface area contributed by atoms with Crippen molar-refractivity contribution in [1.29, 1.82) is 0 Å². The van der Waals surface area contributed by atoms with Crippen LogP contribution in [-0.2, 0) is 0 Å². The molecule has 10 rings (SSSR count). The van der Waals surface area contributed by atoms with Crippen molar-refractivity contribution in [2.24, 2.45) is 0 Å². The molecule has 0 fully saturated rings. The van der Waals surface area contributed by atoms with Gasteiger partial charge in [0, 0.05) is 45.4 Å². The molecule has 4 aromatic heterocycles. The summed E-state index contributed by atoms with van der Waals surface area (Å²) >= 11 is 0. The Morgan fingerprint density at radius 3 is 1.65 bits per heavy atom. The van der Waals surface area contributed by atoms with Gasteiger partial charge in [0.25, 0.3) is 0 Å². The number of hydrogen-bond donors (Lipinski definition) is 0. The first-order valence-electron chi connectivity index (χ1n) is 17.5. The average Bonchev–Trinajstić information content (AvgIpc) is 3.22. The number of pyridine rings is 4. The Balaban J connectivity index is 1.06. The number of nitrogens with zero attached hydrogens (tertiary/aromatic N) is 4. The summed E-state index contributed by atoms with van der Waals surface area (Å²) in [4.78, 5) is 20.2. The van der Waals surface area contributed by atoms with E-state index in [-0.39, 0.29) is 0 Å². The third-order valence-corrected chi connectivity index (χ3v) is 9.89. The van der Waals surface area contributed by atoms with Gasteiger partial charge in [-0.3, -0.25) is 9.97 Å². The number of rotatable bonds is 5. The highest BCUT2D eigenvalue weighted by Gasteiger charge is 2.15. The minimum Gasteiger partial charge on any atom is -0.255 e. The van der Waals surface area contributed by atoms with Crippen molar-refractivity contribution in [1.82, 2.24) is 19.9 Å². The predicted molar refractivity (Wildman–Crippen MR) is 215 cm³/mol. The normalized spacial score (nSPS) is 11.5. The van der Waals surface area contributed by atoms with Crippen LogP contribution in [0, 0.1) is 0 Å². The molecular weight excluding hydrogens is 633 g/mol. The van der Waals surface area contributed by atoms with E-state index in [1.165, 1.54) is 21.5 Å². The third kappa shape index (κ3) is 5.17. The molecule has 4 heteroatoms. The molecule has 0 spiro atoms. The molecule has 0 aliphatic heterocycles. The molecule has 52 heavy (non-hydrogen) atoms. The highest BCUT2D eigenvalue weighted by atomic mass is 14.8. The number of fused-ring (bicyclic) bond motifs is 4. The van der Waals surface area contributed by atoms with Gasteiger partial charge in [0.05, 0.1) is 33.8 Å². The van der Waals surface area contributed by atoms with Gasteiger partial charge in [-0.15, -0.1) is 0 Å². The average molecular weight is 663 g/mol. The molecule has 0 radical (unpaired) electrons. The zero-order valence-electron chi connectivity index (χ0n) is 28.1. The molecule has 6 aromatic carbocycles. The van der Waals surface area contributed by atoms with E-state index < -0.39 is 0 Å². The Morgan fingerprint density at radius 2 is 0.923 bits per heavy atom. The van der Waals surface area contributed by atoms with E-state index in [4.69, 9.17) is 19.9 Å². The maximum atomic E-state index is 5.29. The molecule has 0 aliphatic carbocycles. The molecule has 242 valence electrons. The van der Waals surface area contributed by atoms with Crippen LogP contribution in [-0.4, -0.2) is 19.9 Å². The Kier molecular flexibility index (Phi) is 7.10. The SMILES string of the molecule is c1ccc(-c2c3ccccc3cc3cc(-c4cccc(-c5cc(-c6ccc7cc8ccccc8c(-c8ccccc8)c7n6)ccn5)n4)cnc23)cc1. The quantitative estimate of drug-likeness (QED) is 0.172. The molecule has 4 heterocycles. The Labute approximate surface area is 300 Å². The van der Waals surface area contributed by atoms with Gasteiger partial charge in [-0.25, -0.2) is 9.97 Å². The standard InChI is InChI=1S/C48H30N4/c1-3-12-31(13-4-1)45-39-18-9-8-17-34(39)27-37-28-38(30-50-47(37)45)41-20-11-21-43(51-41)44-29-35(24-25-49-44)42-23-22-36-26-33-16-7-10-19-40(33)46(48(36)52-42)32-14-5-2-6-15-32/h1-30H. The highest BCUT2D eigenvalue weighted by molar-refractivity contribution is 6.12. The van der Waals surface area contributed by atoms with Gasteiger partial charge in [-0.1, -0.05) is 121 Å². The second-order valence-electron chi connectivity index (χ2n) is 13.1. The van der Waals surface area contributed by atoms with Crippen molar-refractivity contribution >= 4 is 43.4 Å². The van der Waals surface area contributed by atoms with E-state index in [0.29, 0.717) is 0 Å². The zero-order valence-corrected chi connectivity index (χ0v) is 28.1. The van der Waals surface area contributed by atoms with Gasteiger partial charge in [0.2, 0.25) is 0 Å². The molecule has 0 amide bonds. The van der Waals surface area contributed by atoms with Crippen molar-refractivity contribution in [3.05, 3.63) is 182 Å². The summed E-state index contributed by atoms with van der Waals surface area (Å²) in [6.45, 7) is 0. The van der Waals surface area contributed by atoms with E-state index in [9.17, 15) is 0 Å². The summed E-state index contributed by atoms with van der Waals surface area (Å²) in [5.41, 5.74) is 11.8. The molecule has 0 bridgehead atoms. The lowest BCUT2D eigenvalue weighted by molar-refractivity contribution is 1.24. The smallest absolute Gasteiger partial charge is 0.0893 e. The van der Waals surface area contributed by atoms with E-state index in [0.717, 1.165) is 78.0 Å². The Hall–Kier alpha value is -7.04. The fraction of sp³-hybridized carbons (Fsp3) is 0. The van der Waals surface area contributed by atoms with Crippen molar-refractivity contribution < 1.29 is 0 Å². The number of hydrogen-bond acceptors (Lipinski definition) is 4. The fourth-order valence-electron chi connectivity index (χ4n) is 7.44. The van der Waals surface area contributed by atoms with Crippen LogP contribution in [0.15, 0.2) is 182 Å². The summed E-state index contributed by atoms with van der Waals surface area (Å²) in [5.74, 6) is 0. The molecular formula is C48H30N4. The lowest BCUT2D eigenvalue weighted by Crippen LogP contribution is -1.94. The first-order chi connectivity index (χ1) is 25.8. The summed E-state index contributed by atoms with van der Waals surface area (Å²) in [7, 11) is 0. The second kappa shape index (κ2) is 12.4. The van der Waals surface area contributed by atoms with Gasteiger partial charge >= 0.3 is 0 Å². The third-order valence-electron chi connectivity index (χ3n) is 9.89.